The summed E-state index contributed by atoms with van der Waals surface area (Å²) in [5, 5.41) is 0. The average Bonchev–Trinajstić information content (AvgIpc) is 3.28. The molecule has 2 aromatic carbocycles. The summed E-state index contributed by atoms with van der Waals surface area (Å²) in [4.78, 5) is 12.6. The predicted octanol–water partition coefficient (Wildman–Crippen LogP) is 5.41. The Morgan fingerprint density at radius 2 is 2.07 bits per heavy atom. The largest absolute Gasteiger partial charge is 0.489 e. The molecule has 0 saturated heterocycles. The van der Waals surface area contributed by atoms with E-state index in [1.807, 2.05) is 25.1 Å². The maximum absolute atomic E-state index is 12.6. The Balaban J connectivity index is 1.35. The third kappa shape index (κ3) is 3.62. The molecule has 0 fully saturated rings. The highest BCUT2D eigenvalue weighted by Gasteiger charge is 2.28. The first-order chi connectivity index (χ1) is 14.6. The van der Waals surface area contributed by atoms with Crippen molar-refractivity contribution in [2.45, 2.75) is 20.1 Å². The lowest BCUT2D eigenvalue weighted by molar-refractivity contribution is -0.0176. The zero-order valence-electron chi connectivity index (χ0n) is 16.1. The van der Waals surface area contributed by atoms with Crippen LogP contribution in [0.4, 0.5) is 0 Å². The zero-order valence-corrected chi connectivity index (χ0v) is 17.7. The Labute approximate surface area is 181 Å². The number of hydrogen-bond acceptors (Lipinski definition) is 6. The van der Waals surface area contributed by atoms with Crippen molar-refractivity contribution in [2.24, 2.45) is 0 Å². The molecular formula is C23H17BrO6. The van der Waals surface area contributed by atoms with Crippen LogP contribution in [0.25, 0.3) is 6.08 Å². The molecular weight excluding hydrogens is 452 g/mol. The van der Waals surface area contributed by atoms with Gasteiger partial charge < -0.3 is 23.4 Å². The molecule has 1 aromatic heterocycles. The quantitative estimate of drug-likeness (QED) is 0.476. The Bertz CT molecular complexity index is 1180. The molecule has 0 bridgehead atoms. The van der Waals surface area contributed by atoms with E-state index >= 15 is 0 Å². The Kier molecular flexibility index (Phi) is 4.84. The lowest BCUT2D eigenvalue weighted by atomic mass is 10.1. The number of Topliss-reactive ketones (excluding diaryl/α,β-unsaturated/α-hetero) is 1. The number of furan rings is 1. The molecule has 2 aliphatic rings. The standard InChI is InChI=1S/C23H17BrO6/c1-13-2-3-18(29-13)9-21-22(25)19-5-4-17(8-20(19)30-21)27-11-15-7-16(24)6-14-10-26-12-28-23(14)15/h2-9H,10-12H2,1H3/b21-9-. The fourth-order valence-electron chi connectivity index (χ4n) is 3.44. The van der Waals surface area contributed by atoms with Crippen molar-refractivity contribution < 1.29 is 28.2 Å². The zero-order chi connectivity index (χ0) is 20.7. The van der Waals surface area contributed by atoms with Crippen LogP contribution in [0.1, 0.15) is 33.0 Å². The van der Waals surface area contributed by atoms with E-state index in [1.165, 1.54) is 0 Å². The molecule has 0 aliphatic carbocycles. The first kappa shape index (κ1) is 19.0. The van der Waals surface area contributed by atoms with Crippen molar-refractivity contribution in [2.75, 3.05) is 6.79 Å². The normalized spacial score (nSPS) is 16.1. The van der Waals surface area contributed by atoms with E-state index in [9.17, 15) is 4.79 Å². The fraction of sp³-hybridized carbons (Fsp3) is 0.174. The van der Waals surface area contributed by atoms with Crippen LogP contribution in [0.2, 0.25) is 0 Å². The minimum Gasteiger partial charge on any atom is -0.489 e. The molecule has 3 heterocycles. The second kappa shape index (κ2) is 7.66. The number of halogens is 1. The van der Waals surface area contributed by atoms with Gasteiger partial charge in [-0.15, -0.1) is 0 Å². The summed E-state index contributed by atoms with van der Waals surface area (Å²) in [6.07, 6.45) is 1.60. The van der Waals surface area contributed by atoms with Crippen LogP contribution < -0.4 is 14.2 Å². The number of allylic oxidation sites excluding steroid dienone is 1. The molecule has 0 saturated carbocycles. The number of fused-ring (bicyclic) bond motifs is 2. The minimum atomic E-state index is -0.180. The summed E-state index contributed by atoms with van der Waals surface area (Å²) in [6, 6.07) is 12.8. The van der Waals surface area contributed by atoms with Crippen molar-refractivity contribution >= 4 is 27.8 Å². The van der Waals surface area contributed by atoms with Crippen LogP contribution >= 0.6 is 15.9 Å². The fourth-order valence-corrected chi connectivity index (χ4v) is 3.99. The van der Waals surface area contributed by atoms with Gasteiger partial charge in [0.2, 0.25) is 5.78 Å². The van der Waals surface area contributed by atoms with Crippen LogP contribution in [0.3, 0.4) is 0 Å². The molecule has 3 aromatic rings. The van der Waals surface area contributed by atoms with Crippen molar-refractivity contribution in [3.63, 3.8) is 0 Å². The summed E-state index contributed by atoms with van der Waals surface area (Å²) in [5.41, 5.74) is 2.38. The van der Waals surface area contributed by atoms with Crippen LogP contribution in [0.15, 0.2) is 57.1 Å². The maximum atomic E-state index is 12.6. The van der Waals surface area contributed by atoms with E-state index in [4.69, 9.17) is 23.4 Å². The van der Waals surface area contributed by atoms with E-state index in [0.717, 1.165) is 27.1 Å². The number of hydrogen-bond donors (Lipinski definition) is 0. The number of rotatable bonds is 4. The van der Waals surface area contributed by atoms with Crippen LogP contribution in [-0.4, -0.2) is 12.6 Å². The summed E-state index contributed by atoms with van der Waals surface area (Å²) in [6.45, 7) is 2.88. The molecule has 0 amide bonds. The highest BCUT2D eigenvalue weighted by atomic mass is 79.9. The number of carbonyl (C=O) groups excluding carboxylic acids is 1. The van der Waals surface area contributed by atoms with Crippen LogP contribution in [0, 0.1) is 6.92 Å². The van der Waals surface area contributed by atoms with E-state index in [1.54, 1.807) is 30.3 Å². The Morgan fingerprint density at radius 3 is 2.90 bits per heavy atom. The van der Waals surface area contributed by atoms with Crippen LogP contribution in [-0.2, 0) is 18.0 Å². The smallest absolute Gasteiger partial charge is 0.232 e. The molecule has 6 nitrogen and oxygen atoms in total. The van der Waals surface area contributed by atoms with E-state index < -0.39 is 0 Å². The van der Waals surface area contributed by atoms with Gasteiger partial charge in [0.15, 0.2) is 12.6 Å². The monoisotopic (exact) mass is 468 g/mol. The molecule has 0 N–H and O–H groups in total. The summed E-state index contributed by atoms with van der Waals surface area (Å²) in [5.74, 6) is 3.24. The van der Waals surface area contributed by atoms with Gasteiger partial charge in [0.25, 0.3) is 0 Å². The first-order valence-electron chi connectivity index (χ1n) is 9.36. The molecule has 0 spiro atoms. The lowest BCUT2D eigenvalue weighted by Gasteiger charge is -2.21. The second-order valence-electron chi connectivity index (χ2n) is 7.00. The lowest BCUT2D eigenvalue weighted by Crippen LogP contribution is -2.14. The molecule has 7 heteroatoms. The molecule has 0 unspecified atom stereocenters. The minimum absolute atomic E-state index is 0.180. The van der Waals surface area contributed by atoms with Gasteiger partial charge in [0.1, 0.15) is 35.4 Å². The van der Waals surface area contributed by atoms with Crippen molar-refractivity contribution in [3.05, 3.63) is 80.9 Å². The summed E-state index contributed by atoms with van der Waals surface area (Å²) < 4.78 is 29.1. The molecule has 5 rings (SSSR count). The highest BCUT2D eigenvalue weighted by Crippen LogP contribution is 2.36. The van der Waals surface area contributed by atoms with Gasteiger partial charge in [-0.1, -0.05) is 15.9 Å². The van der Waals surface area contributed by atoms with E-state index in [0.29, 0.717) is 36.0 Å². The number of aryl methyl sites for hydroxylation is 1. The number of carbonyl (C=O) groups is 1. The van der Waals surface area contributed by atoms with Crippen molar-refractivity contribution in [3.8, 4) is 17.2 Å². The van der Waals surface area contributed by atoms with Gasteiger partial charge in [-0.25, -0.2) is 0 Å². The van der Waals surface area contributed by atoms with Gasteiger partial charge in [0.05, 0.1) is 12.2 Å². The highest BCUT2D eigenvalue weighted by molar-refractivity contribution is 9.10. The van der Waals surface area contributed by atoms with Gasteiger partial charge in [0, 0.05) is 27.7 Å². The van der Waals surface area contributed by atoms with E-state index in [-0.39, 0.29) is 18.3 Å². The Hall–Kier alpha value is -3.03. The molecule has 2 aliphatic heterocycles. The van der Waals surface area contributed by atoms with Gasteiger partial charge in [-0.2, -0.15) is 0 Å². The number of ether oxygens (including phenoxy) is 4. The third-order valence-corrected chi connectivity index (χ3v) is 5.28. The van der Waals surface area contributed by atoms with Crippen molar-refractivity contribution in [1.29, 1.82) is 0 Å². The molecule has 0 atom stereocenters. The van der Waals surface area contributed by atoms with Crippen LogP contribution in [0.5, 0.6) is 17.2 Å². The Morgan fingerprint density at radius 1 is 1.17 bits per heavy atom. The maximum Gasteiger partial charge on any atom is 0.232 e. The SMILES string of the molecule is Cc1ccc(/C=C2\Oc3cc(OCc4cc(Br)cc5c4OCOC5)ccc3C2=O)o1. The summed E-state index contributed by atoms with van der Waals surface area (Å²) >= 11 is 3.51. The average molecular weight is 469 g/mol. The number of benzene rings is 2. The van der Waals surface area contributed by atoms with E-state index in [2.05, 4.69) is 15.9 Å². The van der Waals surface area contributed by atoms with Gasteiger partial charge in [-0.3, -0.25) is 4.79 Å². The topological polar surface area (TPSA) is 67.1 Å². The first-order valence-corrected chi connectivity index (χ1v) is 10.2. The predicted molar refractivity (Wildman–Crippen MR) is 112 cm³/mol. The number of ketones is 1. The van der Waals surface area contributed by atoms with Gasteiger partial charge in [-0.05, 0) is 43.3 Å². The summed E-state index contributed by atoms with van der Waals surface area (Å²) in [7, 11) is 0. The molecule has 152 valence electrons. The second-order valence-corrected chi connectivity index (χ2v) is 7.91. The van der Waals surface area contributed by atoms with Crippen molar-refractivity contribution in [1.82, 2.24) is 0 Å². The molecule has 0 radical (unpaired) electrons. The third-order valence-electron chi connectivity index (χ3n) is 4.82. The molecule has 30 heavy (non-hydrogen) atoms. The van der Waals surface area contributed by atoms with Gasteiger partial charge >= 0.3 is 0 Å².